The van der Waals surface area contributed by atoms with Gasteiger partial charge in [-0.05, 0) is 60.4 Å². The van der Waals surface area contributed by atoms with E-state index in [0.29, 0.717) is 6.61 Å². The van der Waals surface area contributed by atoms with Crippen LogP contribution < -0.4 is 10.1 Å². The van der Waals surface area contributed by atoms with E-state index < -0.39 is 5.60 Å². The molecule has 0 fully saturated rings. The van der Waals surface area contributed by atoms with E-state index in [-0.39, 0.29) is 18.9 Å². The van der Waals surface area contributed by atoms with Crippen molar-refractivity contribution in [1.82, 2.24) is 5.32 Å². The number of aryl methyl sites for hydroxylation is 2. The third-order valence-electron chi connectivity index (χ3n) is 3.70. The molecule has 0 saturated carbocycles. The molecule has 0 radical (unpaired) electrons. The van der Waals surface area contributed by atoms with Crippen molar-refractivity contribution in [2.45, 2.75) is 32.8 Å². The topological polar surface area (TPSA) is 58.6 Å². The maximum atomic E-state index is 11.9. The summed E-state index contributed by atoms with van der Waals surface area (Å²) in [5.41, 5.74) is 1.94. The number of thiophene rings is 1. The highest BCUT2D eigenvalue weighted by molar-refractivity contribution is 7.08. The van der Waals surface area contributed by atoms with Crippen LogP contribution >= 0.6 is 11.3 Å². The number of benzene rings is 1. The largest absolute Gasteiger partial charge is 0.493 e. The van der Waals surface area contributed by atoms with Gasteiger partial charge < -0.3 is 15.2 Å². The number of carbonyl (C=O) groups excluding carboxylic acids is 1. The summed E-state index contributed by atoms with van der Waals surface area (Å²) in [4.78, 5) is 11.9. The van der Waals surface area contributed by atoms with Crippen molar-refractivity contribution in [2.24, 2.45) is 0 Å². The molecule has 0 aliphatic rings. The minimum Gasteiger partial charge on any atom is -0.493 e. The van der Waals surface area contributed by atoms with Crippen molar-refractivity contribution in [3.8, 4) is 5.75 Å². The maximum Gasteiger partial charge on any atom is 0.223 e. The number of nitrogens with one attached hydrogen (secondary N) is 1. The standard InChI is InChI=1S/C18H23NO3S/c1-13-4-5-14(2)16(10-13)22-8-6-17(20)19-12-18(3,21)15-7-9-23-11-15/h4-5,7,9-11,21H,6,8,12H2,1-3H3,(H,19,20). The number of rotatable bonds is 7. The third-order valence-corrected chi connectivity index (χ3v) is 4.39. The third kappa shape index (κ3) is 5.08. The summed E-state index contributed by atoms with van der Waals surface area (Å²) in [5, 5.41) is 16.9. The van der Waals surface area contributed by atoms with Gasteiger partial charge in [0.2, 0.25) is 5.91 Å². The number of ether oxygens (including phenoxy) is 1. The van der Waals surface area contributed by atoms with Gasteiger partial charge in [0.05, 0.1) is 19.6 Å². The van der Waals surface area contributed by atoms with Gasteiger partial charge in [0.15, 0.2) is 0 Å². The molecule has 0 spiro atoms. The fraction of sp³-hybridized carbons (Fsp3) is 0.389. The molecule has 1 aromatic carbocycles. The van der Waals surface area contributed by atoms with Crippen LogP contribution in [0.5, 0.6) is 5.75 Å². The Labute approximate surface area is 141 Å². The first-order valence-electron chi connectivity index (χ1n) is 7.60. The molecule has 2 rings (SSSR count). The van der Waals surface area contributed by atoms with E-state index in [1.165, 1.54) is 11.3 Å². The van der Waals surface area contributed by atoms with Crippen LogP contribution in [0, 0.1) is 13.8 Å². The summed E-state index contributed by atoms with van der Waals surface area (Å²) in [6.45, 7) is 6.18. The Bertz CT molecular complexity index is 650. The smallest absolute Gasteiger partial charge is 0.223 e. The zero-order chi connectivity index (χ0) is 16.9. The number of aliphatic hydroxyl groups is 1. The van der Waals surface area contributed by atoms with Gasteiger partial charge in [-0.25, -0.2) is 0 Å². The average molecular weight is 333 g/mol. The Morgan fingerprint density at radius 1 is 1.35 bits per heavy atom. The second-order valence-electron chi connectivity index (χ2n) is 5.93. The maximum absolute atomic E-state index is 11.9. The highest BCUT2D eigenvalue weighted by Crippen LogP contribution is 2.22. The van der Waals surface area contributed by atoms with Gasteiger partial charge in [-0.1, -0.05) is 12.1 Å². The molecule has 1 unspecified atom stereocenters. The molecule has 0 saturated heterocycles. The Balaban J connectivity index is 1.76. The molecule has 1 atom stereocenters. The van der Waals surface area contributed by atoms with Crippen molar-refractivity contribution in [3.63, 3.8) is 0 Å². The van der Waals surface area contributed by atoms with Crippen LogP contribution in [0.1, 0.15) is 30.0 Å². The zero-order valence-electron chi connectivity index (χ0n) is 13.8. The van der Waals surface area contributed by atoms with Crippen LogP contribution in [0.3, 0.4) is 0 Å². The van der Waals surface area contributed by atoms with Gasteiger partial charge in [-0.15, -0.1) is 0 Å². The van der Waals surface area contributed by atoms with Crippen LogP contribution in [-0.4, -0.2) is 24.2 Å². The predicted molar refractivity (Wildman–Crippen MR) is 92.9 cm³/mol. The van der Waals surface area contributed by atoms with Gasteiger partial charge in [-0.2, -0.15) is 11.3 Å². The lowest BCUT2D eigenvalue weighted by Gasteiger charge is -2.22. The van der Waals surface area contributed by atoms with Gasteiger partial charge >= 0.3 is 0 Å². The number of hydrogen-bond acceptors (Lipinski definition) is 4. The fourth-order valence-electron chi connectivity index (χ4n) is 2.15. The van der Waals surface area contributed by atoms with E-state index >= 15 is 0 Å². The summed E-state index contributed by atoms with van der Waals surface area (Å²) >= 11 is 1.52. The molecule has 23 heavy (non-hydrogen) atoms. The monoisotopic (exact) mass is 333 g/mol. The highest BCUT2D eigenvalue weighted by atomic mass is 32.1. The van der Waals surface area contributed by atoms with E-state index in [1.807, 2.05) is 48.9 Å². The quantitative estimate of drug-likeness (QED) is 0.818. The summed E-state index contributed by atoms with van der Waals surface area (Å²) < 4.78 is 5.67. The van der Waals surface area contributed by atoms with E-state index in [1.54, 1.807) is 6.92 Å². The van der Waals surface area contributed by atoms with E-state index in [2.05, 4.69) is 5.32 Å². The first-order chi connectivity index (χ1) is 10.9. The van der Waals surface area contributed by atoms with Crippen LogP contribution in [0.15, 0.2) is 35.0 Å². The van der Waals surface area contributed by atoms with Crippen molar-refractivity contribution < 1.29 is 14.6 Å². The Hall–Kier alpha value is -1.85. The van der Waals surface area contributed by atoms with Crippen molar-refractivity contribution in [3.05, 3.63) is 51.7 Å². The molecule has 1 heterocycles. The highest BCUT2D eigenvalue weighted by Gasteiger charge is 2.24. The number of amides is 1. The van der Waals surface area contributed by atoms with Gasteiger partial charge in [0.1, 0.15) is 11.4 Å². The molecule has 2 aromatic rings. The Kier molecular flexibility index (Phi) is 5.80. The molecule has 0 aliphatic heterocycles. The summed E-state index contributed by atoms with van der Waals surface area (Å²) in [5.74, 6) is 0.675. The molecular formula is C18H23NO3S. The zero-order valence-corrected chi connectivity index (χ0v) is 14.6. The lowest BCUT2D eigenvalue weighted by Crippen LogP contribution is -2.38. The molecule has 124 valence electrons. The lowest BCUT2D eigenvalue weighted by molar-refractivity contribution is -0.122. The van der Waals surface area contributed by atoms with Gasteiger partial charge in [0.25, 0.3) is 0 Å². The normalized spacial score (nSPS) is 13.4. The molecule has 4 nitrogen and oxygen atoms in total. The minimum absolute atomic E-state index is 0.134. The van der Waals surface area contributed by atoms with Crippen molar-refractivity contribution in [2.75, 3.05) is 13.2 Å². The molecule has 1 amide bonds. The van der Waals surface area contributed by atoms with E-state index in [0.717, 1.165) is 22.4 Å². The first-order valence-corrected chi connectivity index (χ1v) is 8.54. The number of carbonyl (C=O) groups is 1. The fourth-order valence-corrected chi connectivity index (χ4v) is 2.93. The van der Waals surface area contributed by atoms with E-state index in [9.17, 15) is 9.90 Å². The van der Waals surface area contributed by atoms with Crippen LogP contribution in [0.4, 0.5) is 0 Å². The number of hydrogen-bond donors (Lipinski definition) is 2. The first kappa shape index (κ1) is 17.5. The van der Waals surface area contributed by atoms with Crippen molar-refractivity contribution in [1.29, 1.82) is 0 Å². The second kappa shape index (κ2) is 7.62. The SMILES string of the molecule is Cc1ccc(C)c(OCCC(=O)NCC(C)(O)c2ccsc2)c1. The molecular weight excluding hydrogens is 310 g/mol. The van der Waals surface area contributed by atoms with Gasteiger partial charge in [0, 0.05) is 0 Å². The van der Waals surface area contributed by atoms with E-state index in [4.69, 9.17) is 4.74 Å². The van der Waals surface area contributed by atoms with Crippen molar-refractivity contribution >= 4 is 17.2 Å². The van der Waals surface area contributed by atoms with Crippen LogP contribution in [-0.2, 0) is 10.4 Å². The Morgan fingerprint density at radius 3 is 2.83 bits per heavy atom. The van der Waals surface area contributed by atoms with Crippen LogP contribution in [0.25, 0.3) is 0 Å². The predicted octanol–water partition coefficient (Wildman–Crippen LogP) is 3.16. The molecule has 2 N–H and O–H groups in total. The summed E-state index contributed by atoms with van der Waals surface area (Å²) in [6, 6.07) is 7.86. The minimum atomic E-state index is -1.05. The summed E-state index contributed by atoms with van der Waals surface area (Å²) in [7, 11) is 0. The van der Waals surface area contributed by atoms with Crippen LogP contribution in [0.2, 0.25) is 0 Å². The average Bonchev–Trinajstić information content (AvgIpc) is 3.04. The molecule has 0 bridgehead atoms. The summed E-state index contributed by atoms with van der Waals surface area (Å²) in [6.07, 6.45) is 0.257. The second-order valence-corrected chi connectivity index (χ2v) is 6.71. The molecule has 0 aliphatic carbocycles. The Morgan fingerprint density at radius 2 is 2.13 bits per heavy atom. The molecule has 1 aromatic heterocycles. The molecule has 5 heteroatoms. The lowest BCUT2D eigenvalue weighted by atomic mass is 9.99. The van der Waals surface area contributed by atoms with Gasteiger partial charge in [-0.3, -0.25) is 4.79 Å².